The molecule has 1 N–H and O–H groups in total. The van der Waals surface area contributed by atoms with E-state index in [2.05, 4.69) is 5.32 Å². The van der Waals surface area contributed by atoms with Gasteiger partial charge in [-0.25, -0.2) is 9.59 Å². The van der Waals surface area contributed by atoms with Gasteiger partial charge in [0, 0.05) is 36.0 Å². The van der Waals surface area contributed by atoms with E-state index in [0.29, 0.717) is 54.7 Å². The molecule has 3 amide bonds. The number of nitrogens with zero attached hydrogens (tertiary/aromatic N) is 2. The van der Waals surface area contributed by atoms with Gasteiger partial charge >= 0.3 is 12.1 Å². The summed E-state index contributed by atoms with van der Waals surface area (Å²) < 4.78 is 22.3. The van der Waals surface area contributed by atoms with E-state index < -0.39 is 11.7 Å². The molecule has 0 bridgehead atoms. The van der Waals surface area contributed by atoms with Gasteiger partial charge < -0.3 is 29.2 Å². The first-order valence-electron chi connectivity index (χ1n) is 14.2. The molecular weight excluding hydrogens is 550 g/mol. The molecule has 4 rings (SSSR count). The zero-order valence-electron chi connectivity index (χ0n) is 25.3. The zero-order valence-corrected chi connectivity index (χ0v) is 25.3. The highest BCUT2D eigenvalue weighted by molar-refractivity contribution is 5.99. The number of nitrogens with one attached hydrogen (secondary N) is 1. The Hall–Kier alpha value is -4.73. The first-order chi connectivity index (χ1) is 20.6. The Morgan fingerprint density at radius 1 is 0.884 bits per heavy atom. The third-order valence-electron chi connectivity index (χ3n) is 6.77. The largest absolute Gasteiger partial charge is 0.496 e. The molecule has 10 nitrogen and oxygen atoms in total. The molecule has 1 fully saturated rings. The van der Waals surface area contributed by atoms with Crippen LogP contribution in [-0.2, 0) is 17.9 Å². The lowest BCUT2D eigenvalue weighted by Gasteiger charge is -2.36. The fourth-order valence-electron chi connectivity index (χ4n) is 4.67. The fourth-order valence-corrected chi connectivity index (χ4v) is 4.67. The second kappa shape index (κ2) is 14.0. The highest BCUT2D eigenvalue weighted by Gasteiger charge is 2.28. The van der Waals surface area contributed by atoms with E-state index in [1.165, 1.54) is 7.11 Å². The summed E-state index contributed by atoms with van der Waals surface area (Å²) in [7, 11) is 3.10. The molecule has 228 valence electrons. The van der Waals surface area contributed by atoms with Crippen molar-refractivity contribution in [2.45, 2.75) is 45.9 Å². The number of urea groups is 1. The summed E-state index contributed by atoms with van der Waals surface area (Å²) in [5.41, 5.74) is 2.21. The van der Waals surface area contributed by atoms with Crippen molar-refractivity contribution in [3.63, 3.8) is 0 Å². The van der Waals surface area contributed by atoms with Crippen molar-refractivity contribution >= 4 is 23.6 Å². The highest BCUT2D eigenvalue weighted by atomic mass is 16.6. The maximum atomic E-state index is 13.6. The topological polar surface area (TPSA) is 107 Å². The van der Waals surface area contributed by atoms with Crippen LogP contribution in [0.25, 0.3) is 0 Å². The Labute approximate surface area is 252 Å². The monoisotopic (exact) mass is 589 g/mol. The average Bonchev–Trinajstić information content (AvgIpc) is 2.99. The summed E-state index contributed by atoms with van der Waals surface area (Å²) in [5, 5.41) is 2.48. The van der Waals surface area contributed by atoms with E-state index in [1.807, 2.05) is 42.5 Å². The van der Waals surface area contributed by atoms with Crippen molar-refractivity contribution in [2.75, 3.05) is 38.8 Å². The van der Waals surface area contributed by atoms with Gasteiger partial charge in [-0.15, -0.1) is 0 Å². The molecule has 0 aromatic heterocycles. The van der Waals surface area contributed by atoms with Crippen LogP contribution in [0.15, 0.2) is 66.7 Å². The molecule has 1 aliphatic rings. The van der Waals surface area contributed by atoms with Crippen LogP contribution < -0.4 is 24.4 Å². The molecule has 10 heteroatoms. The van der Waals surface area contributed by atoms with E-state index in [0.717, 1.165) is 17.5 Å². The van der Waals surface area contributed by atoms with Crippen LogP contribution >= 0.6 is 0 Å². The van der Waals surface area contributed by atoms with Gasteiger partial charge in [0.15, 0.2) is 17.3 Å². The fraction of sp³-hybridized carbons (Fsp3) is 0.364. The van der Waals surface area contributed by atoms with Crippen molar-refractivity contribution in [2.24, 2.45) is 0 Å². The molecule has 1 aliphatic heterocycles. The quantitative estimate of drug-likeness (QED) is 0.281. The molecule has 0 spiro atoms. The predicted molar refractivity (Wildman–Crippen MR) is 163 cm³/mol. The Morgan fingerprint density at radius 3 is 2.33 bits per heavy atom. The molecule has 0 unspecified atom stereocenters. The summed E-state index contributed by atoms with van der Waals surface area (Å²) in [6.07, 6.45) is 0.108. The number of hydrogen-bond acceptors (Lipinski definition) is 7. The molecule has 3 aromatic rings. The lowest BCUT2D eigenvalue weighted by atomic mass is 10.1. The van der Waals surface area contributed by atoms with Gasteiger partial charge in [0.25, 0.3) is 0 Å². The van der Waals surface area contributed by atoms with Gasteiger partial charge in [-0.3, -0.25) is 9.69 Å². The molecular formula is C33H39N3O7. The van der Waals surface area contributed by atoms with Crippen molar-refractivity contribution in [1.29, 1.82) is 0 Å². The van der Waals surface area contributed by atoms with Gasteiger partial charge in [0.1, 0.15) is 18.0 Å². The normalized spacial score (nSPS) is 13.4. The number of benzene rings is 3. The van der Waals surface area contributed by atoms with Crippen molar-refractivity contribution in [3.05, 3.63) is 83.4 Å². The van der Waals surface area contributed by atoms with Crippen molar-refractivity contribution in [3.8, 4) is 17.2 Å². The standard InChI is InChI=1S/C33H39N3O7/c1-33(2,3)43-31(38)34-20-27(37)24-12-13-25(29(18-24)41-5)21-35-16-9-17-36(32(35)39)26-14-15-28(40-4)30(19-26)42-22-23-10-7-6-8-11-23/h6-8,10-15,18-19H,9,16-17,20-22H2,1-5H3,(H,34,38). The predicted octanol–water partition coefficient (Wildman–Crippen LogP) is 5.82. The summed E-state index contributed by atoms with van der Waals surface area (Å²) in [6, 6.07) is 20.2. The molecule has 1 saturated heterocycles. The first-order valence-corrected chi connectivity index (χ1v) is 14.2. The van der Waals surface area contributed by atoms with Crippen LogP contribution in [0, 0.1) is 0 Å². The van der Waals surface area contributed by atoms with Crippen molar-refractivity contribution < 1.29 is 33.3 Å². The summed E-state index contributed by atoms with van der Waals surface area (Å²) in [5.74, 6) is 1.33. The summed E-state index contributed by atoms with van der Waals surface area (Å²) >= 11 is 0. The Morgan fingerprint density at radius 2 is 1.63 bits per heavy atom. The Bertz CT molecular complexity index is 1440. The SMILES string of the molecule is COc1cc(C(=O)CNC(=O)OC(C)(C)C)ccc1CN1CCCN(c2ccc(OC)c(OCc3ccccc3)c2)C1=O. The number of Topliss-reactive ketones (excluding diaryl/α,β-unsaturated/α-hetero) is 1. The lowest BCUT2D eigenvalue weighted by Crippen LogP contribution is -2.49. The first kappa shape index (κ1) is 31.2. The van der Waals surface area contributed by atoms with Crippen LogP contribution in [0.5, 0.6) is 17.2 Å². The molecule has 0 atom stereocenters. The molecule has 0 aliphatic carbocycles. The maximum absolute atomic E-state index is 13.6. The van der Waals surface area contributed by atoms with E-state index in [9.17, 15) is 14.4 Å². The number of rotatable bonds is 11. The van der Waals surface area contributed by atoms with E-state index in [-0.39, 0.29) is 18.4 Å². The van der Waals surface area contributed by atoms with Crippen LogP contribution in [0.2, 0.25) is 0 Å². The summed E-state index contributed by atoms with van der Waals surface area (Å²) in [4.78, 5) is 41.8. The van der Waals surface area contributed by atoms with Gasteiger partial charge in [0.2, 0.25) is 0 Å². The molecule has 1 heterocycles. The Balaban J connectivity index is 1.43. The van der Waals surface area contributed by atoms with Gasteiger partial charge in [-0.1, -0.05) is 42.5 Å². The molecule has 0 radical (unpaired) electrons. The average molecular weight is 590 g/mol. The number of ether oxygens (including phenoxy) is 4. The number of hydrogen-bond donors (Lipinski definition) is 1. The minimum absolute atomic E-state index is 0.144. The third kappa shape index (κ3) is 8.41. The smallest absolute Gasteiger partial charge is 0.408 e. The lowest BCUT2D eigenvalue weighted by molar-refractivity contribution is 0.0520. The maximum Gasteiger partial charge on any atom is 0.408 e. The van der Waals surface area contributed by atoms with Crippen LogP contribution in [-0.4, -0.2) is 62.3 Å². The van der Waals surface area contributed by atoms with E-state index >= 15 is 0 Å². The number of anilines is 1. The van der Waals surface area contributed by atoms with E-state index in [1.54, 1.807) is 61.9 Å². The number of carbonyl (C=O) groups is 3. The van der Waals surface area contributed by atoms with Crippen LogP contribution in [0.1, 0.15) is 48.7 Å². The van der Waals surface area contributed by atoms with Crippen LogP contribution in [0.3, 0.4) is 0 Å². The second-order valence-electron chi connectivity index (χ2n) is 11.1. The molecule has 0 saturated carbocycles. The minimum Gasteiger partial charge on any atom is -0.496 e. The van der Waals surface area contributed by atoms with Gasteiger partial charge in [-0.2, -0.15) is 0 Å². The van der Waals surface area contributed by atoms with Crippen LogP contribution in [0.4, 0.5) is 15.3 Å². The number of ketones is 1. The summed E-state index contributed by atoms with van der Waals surface area (Å²) in [6.45, 7) is 6.85. The zero-order chi connectivity index (χ0) is 31.0. The van der Waals surface area contributed by atoms with E-state index in [4.69, 9.17) is 18.9 Å². The van der Waals surface area contributed by atoms with Gasteiger partial charge in [-0.05, 0) is 51.0 Å². The molecule has 3 aromatic carbocycles. The van der Waals surface area contributed by atoms with Crippen molar-refractivity contribution in [1.82, 2.24) is 10.2 Å². The highest BCUT2D eigenvalue weighted by Crippen LogP contribution is 2.34. The number of methoxy groups -OCH3 is 2. The number of carbonyl (C=O) groups excluding carboxylic acids is 3. The van der Waals surface area contributed by atoms with Gasteiger partial charge in [0.05, 0.1) is 27.3 Å². The number of alkyl carbamates (subject to hydrolysis) is 1. The number of amides is 3. The minimum atomic E-state index is -0.663. The second-order valence-corrected chi connectivity index (χ2v) is 11.1. The Kier molecular flexibility index (Phi) is 10.1. The third-order valence-corrected chi connectivity index (χ3v) is 6.77. The molecule has 43 heavy (non-hydrogen) atoms.